The first-order chi connectivity index (χ1) is 14.3. The van der Waals surface area contributed by atoms with E-state index in [1.165, 1.54) is 11.0 Å². The number of para-hydroxylation sites is 1. The van der Waals surface area contributed by atoms with E-state index in [4.69, 9.17) is 0 Å². The minimum atomic E-state index is -6.46. The Bertz CT molecular complexity index is 908. The van der Waals surface area contributed by atoms with Crippen molar-refractivity contribution >= 4 is 46.2 Å². The second-order valence-corrected chi connectivity index (χ2v) is 8.88. The second-order valence-electron chi connectivity index (χ2n) is 6.55. The molecule has 0 bridgehead atoms. The van der Waals surface area contributed by atoms with Crippen molar-refractivity contribution in [3.63, 3.8) is 0 Å². The zero-order chi connectivity index (χ0) is 23.0. The first-order valence-corrected chi connectivity index (χ1v) is 10.5. The van der Waals surface area contributed by atoms with Gasteiger partial charge in [0, 0.05) is 24.4 Å². The summed E-state index contributed by atoms with van der Waals surface area (Å²) in [7, 11) is 0. The molecular weight excluding hydrogens is 475 g/mol. The second kappa shape index (κ2) is 8.52. The highest BCUT2D eigenvalue weighted by Gasteiger charge is 2.73. The topological polar surface area (TPSA) is 61.8 Å². The molecule has 1 aromatic rings. The van der Waals surface area contributed by atoms with E-state index >= 15 is 0 Å². The van der Waals surface area contributed by atoms with Crippen LogP contribution in [0.15, 0.2) is 34.2 Å². The van der Waals surface area contributed by atoms with E-state index in [0.29, 0.717) is 24.7 Å². The largest absolute Gasteiger partial charge is 0.460 e. The van der Waals surface area contributed by atoms with Gasteiger partial charge < -0.3 is 5.32 Å². The van der Waals surface area contributed by atoms with Crippen LogP contribution in [0.1, 0.15) is 12.8 Å². The molecule has 14 heteroatoms. The number of amides is 2. The monoisotopic (exact) mass is 489 g/mol. The Labute approximate surface area is 179 Å². The highest BCUT2D eigenvalue weighted by Crippen LogP contribution is 2.54. The van der Waals surface area contributed by atoms with E-state index in [1.807, 2.05) is 0 Å². The van der Waals surface area contributed by atoms with Gasteiger partial charge in [-0.25, -0.2) is 0 Å². The molecule has 1 saturated heterocycles. The molecule has 1 fully saturated rings. The number of fused-ring (bicyclic) bond motifs is 1. The first-order valence-electron chi connectivity index (χ1n) is 8.76. The summed E-state index contributed by atoms with van der Waals surface area (Å²) in [6.45, 7) is 1.01. The maximum absolute atomic E-state index is 13.8. The molecule has 3 rings (SSSR count). The zero-order valence-corrected chi connectivity index (χ0v) is 17.0. The smallest absolute Gasteiger partial charge is 0.325 e. The standard InChI is InChI=1S/C17H14F7N3O2S2/c18-15(19,16(20,21)22)17(23,24)31-10-5-2-1-4-9(10)26-12(28)8-11-13(29)27-7-3-6-25-14(27)30-11/h1-2,4-5,11H,3,6-8H2,(H,26,28). The Hall–Kier alpha value is -1.96. The molecule has 2 aliphatic rings. The Morgan fingerprint density at radius 2 is 1.87 bits per heavy atom. The van der Waals surface area contributed by atoms with Crippen molar-refractivity contribution in [1.29, 1.82) is 0 Å². The maximum atomic E-state index is 13.8. The average Bonchev–Trinajstić information content (AvgIpc) is 2.98. The fraction of sp³-hybridized carbons (Fsp3) is 0.471. The Morgan fingerprint density at radius 3 is 2.52 bits per heavy atom. The Balaban J connectivity index is 1.71. The van der Waals surface area contributed by atoms with Crippen LogP contribution in [-0.4, -0.2) is 57.6 Å². The SMILES string of the molecule is O=C(CC1SC2=NCCCN2C1=O)Nc1ccccc1SC(F)(F)C(F)(F)C(F)(F)F. The van der Waals surface area contributed by atoms with Gasteiger partial charge in [-0.15, -0.1) is 0 Å². The third-order valence-electron chi connectivity index (χ3n) is 4.30. The summed E-state index contributed by atoms with van der Waals surface area (Å²) in [5.41, 5.74) is -0.374. The number of benzene rings is 1. The third kappa shape index (κ3) is 4.78. The van der Waals surface area contributed by atoms with Gasteiger partial charge in [-0.2, -0.15) is 30.7 Å². The van der Waals surface area contributed by atoms with Crippen molar-refractivity contribution in [3.05, 3.63) is 24.3 Å². The molecule has 0 aromatic heterocycles. The van der Waals surface area contributed by atoms with Crippen molar-refractivity contribution in [1.82, 2.24) is 4.90 Å². The van der Waals surface area contributed by atoms with Gasteiger partial charge >= 0.3 is 17.4 Å². The number of halogens is 7. The first kappa shape index (κ1) is 23.7. The number of hydrogen-bond acceptors (Lipinski definition) is 5. The van der Waals surface area contributed by atoms with Crippen molar-refractivity contribution in [2.24, 2.45) is 4.99 Å². The van der Waals surface area contributed by atoms with Crippen molar-refractivity contribution in [3.8, 4) is 0 Å². The number of aliphatic imine (C=N–C) groups is 1. The number of rotatable bonds is 6. The number of carbonyl (C=O) groups excluding carboxylic acids is 2. The summed E-state index contributed by atoms with van der Waals surface area (Å²) in [6, 6.07) is 4.39. The molecule has 2 aliphatic heterocycles. The maximum Gasteiger partial charge on any atom is 0.460 e. The molecule has 5 nitrogen and oxygen atoms in total. The number of amidine groups is 1. The van der Waals surface area contributed by atoms with Crippen LogP contribution < -0.4 is 5.32 Å². The van der Waals surface area contributed by atoms with Crippen LogP contribution >= 0.6 is 23.5 Å². The summed E-state index contributed by atoms with van der Waals surface area (Å²) in [5, 5.41) is -3.63. The molecule has 1 atom stereocenters. The van der Waals surface area contributed by atoms with Crippen molar-refractivity contribution in [2.45, 2.75) is 40.3 Å². The quantitative estimate of drug-likeness (QED) is 0.469. The van der Waals surface area contributed by atoms with Gasteiger partial charge in [-0.1, -0.05) is 23.9 Å². The van der Waals surface area contributed by atoms with Crippen LogP contribution in [0.4, 0.5) is 36.4 Å². The molecule has 2 heterocycles. The number of carbonyl (C=O) groups is 2. The Kier molecular flexibility index (Phi) is 6.52. The molecule has 0 radical (unpaired) electrons. The van der Waals surface area contributed by atoms with Gasteiger partial charge in [0.05, 0.1) is 5.69 Å². The van der Waals surface area contributed by atoms with Gasteiger partial charge in [0.25, 0.3) is 0 Å². The van der Waals surface area contributed by atoms with Gasteiger partial charge in [0.1, 0.15) is 5.25 Å². The summed E-state index contributed by atoms with van der Waals surface area (Å²) < 4.78 is 91.1. The number of nitrogens with zero attached hydrogens (tertiary/aromatic N) is 2. The van der Waals surface area contributed by atoms with E-state index in [0.717, 1.165) is 30.0 Å². The van der Waals surface area contributed by atoms with E-state index in [2.05, 4.69) is 10.3 Å². The van der Waals surface area contributed by atoms with E-state index < -0.39 is 45.2 Å². The normalized spacial score (nSPS) is 19.8. The molecule has 1 aromatic carbocycles. The minimum Gasteiger partial charge on any atom is -0.325 e. The Morgan fingerprint density at radius 1 is 1.19 bits per heavy atom. The number of anilines is 1. The number of thioether (sulfide) groups is 2. The van der Waals surface area contributed by atoms with E-state index in [1.54, 1.807) is 0 Å². The molecule has 0 aliphatic carbocycles. The number of alkyl halides is 7. The molecule has 2 amide bonds. The lowest BCUT2D eigenvalue weighted by molar-refractivity contribution is -0.330. The van der Waals surface area contributed by atoms with Crippen LogP contribution in [0, 0.1) is 0 Å². The van der Waals surface area contributed by atoms with Crippen molar-refractivity contribution < 1.29 is 40.3 Å². The lowest BCUT2D eigenvalue weighted by Gasteiger charge is -2.28. The van der Waals surface area contributed by atoms with E-state index in [9.17, 15) is 40.3 Å². The van der Waals surface area contributed by atoms with Crippen LogP contribution in [0.2, 0.25) is 0 Å². The molecular formula is C17H14F7N3O2S2. The zero-order valence-electron chi connectivity index (χ0n) is 15.4. The third-order valence-corrected chi connectivity index (χ3v) is 6.60. The molecule has 0 saturated carbocycles. The molecule has 1 unspecified atom stereocenters. The highest BCUT2D eigenvalue weighted by atomic mass is 32.2. The molecule has 31 heavy (non-hydrogen) atoms. The van der Waals surface area contributed by atoms with Gasteiger partial charge in [0.15, 0.2) is 5.17 Å². The van der Waals surface area contributed by atoms with Crippen molar-refractivity contribution in [2.75, 3.05) is 18.4 Å². The molecule has 0 spiro atoms. The lowest BCUT2D eigenvalue weighted by atomic mass is 10.2. The summed E-state index contributed by atoms with van der Waals surface area (Å²) >= 11 is 0.0684. The summed E-state index contributed by atoms with van der Waals surface area (Å²) in [5.74, 6) is -7.41. The summed E-state index contributed by atoms with van der Waals surface area (Å²) in [6.07, 6.45) is -6.14. The van der Waals surface area contributed by atoms with Crippen LogP contribution in [0.3, 0.4) is 0 Å². The van der Waals surface area contributed by atoms with E-state index in [-0.39, 0.29) is 18.0 Å². The van der Waals surface area contributed by atoms with Crippen LogP contribution in [0.5, 0.6) is 0 Å². The van der Waals surface area contributed by atoms with Crippen LogP contribution in [-0.2, 0) is 9.59 Å². The molecule has 1 N–H and O–H groups in total. The fourth-order valence-electron chi connectivity index (χ4n) is 2.77. The number of hydrogen-bond donors (Lipinski definition) is 1. The summed E-state index contributed by atoms with van der Waals surface area (Å²) in [4.78, 5) is 29.6. The minimum absolute atomic E-state index is 0.336. The van der Waals surface area contributed by atoms with Gasteiger partial charge in [-0.3, -0.25) is 19.5 Å². The highest BCUT2D eigenvalue weighted by molar-refractivity contribution is 8.15. The predicted octanol–water partition coefficient (Wildman–Crippen LogP) is 4.60. The van der Waals surface area contributed by atoms with Gasteiger partial charge in [-0.05, 0) is 30.3 Å². The van der Waals surface area contributed by atoms with Crippen LogP contribution in [0.25, 0.3) is 0 Å². The fourth-order valence-corrected chi connectivity index (χ4v) is 4.85. The average molecular weight is 489 g/mol. The number of nitrogens with one attached hydrogen (secondary N) is 1. The van der Waals surface area contributed by atoms with Gasteiger partial charge in [0.2, 0.25) is 11.8 Å². The lowest BCUT2D eigenvalue weighted by Crippen LogP contribution is -2.49. The molecule has 170 valence electrons. The predicted molar refractivity (Wildman–Crippen MR) is 102 cm³/mol.